The predicted molar refractivity (Wildman–Crippen MR) is 39.2 cm³/mol. The average Bonchev–Trinajstić information content (AvgIpc) is 2.42. The minimum Gasteiger partial charge on any atom is -0.198 e. The van der Waals surface area contributed by atoms with Gasteiger partial charge in [-0.15, -0.1) is 0 Å². The average molecular weight is 135 g/mol. The van der Waals surface area contributed by atoms with E-state index in [9.17, 15) is 0 Å². The van der Waals surface area contributed by atoms with Gasteiger partial charge in [0.15, 0.2) is 0 Å². The highest BCUT2D eigenvalue weighted by Gasteiger charge is 2.36. The summed E-state index contributed by atoms with van der Waals surface area (Å²) in [7, 11) is 0. The molecule has 0 radical (unpaired) electrons. The smallest absolute Gasteiger partial charge is 0.0655 e. The fourth-order valence-electron chi connectivity index (χ4n) is 2.67. The first-order valence-electron chi connectivity index (χ1n) is 4.30. The van der Waals surface area contributed by atoms with Crippen molar-refractivity contribution in [3.63, 3.8) is 0 Å². The lowest BCUT2D eigenvalue weighted by Gasteiger charge is -2.04. The molecule has 0 aliphatic heterocycles. The minimum atomic E-state index is 0.412. The highest BCUT2D eigenvalue weighted by molar-refractivity contribution is 4.96. The van der Waals surface area contributed by atoms with Crippen LogP contribution in [0.1, 0.15) is 32.1 Å². The first-order chi connectivity index (χ1) is 4.90. The quantitative estimate of drug-likeness (QED) is 0.500. The summed E-state index contributed by atoms with van der Waals surface area (Å²) in [6.45, 7) is 0. The minimum absolute atomic E-state index is 0.412. The fourth-order valence-corrected chi connectivity index (χ4v) is 2.67. The third-order valence-corrected chi connectivity index (χ3v) is 3.17. The number of hydrogen-bond donors (Lipinski definition) is 0. The molecule has 0 aromatic heterocycles. The second-order valence-electron chi connectivity index (χ2n) is 3.75. The van der Waals surface area contributed by atoms with E-state index in [1.54, 1.807) is 0 Å². The lowest BCUT2D eigenvalue weighted by atomic mass is 10.0. The monoisotopic (exact) mass is 135 g/mol. The molecule has 1 heteroatoms. The van der Waals surface area contributed by atoms with Gasteiger partial charge >= 0.3 is 0 Å². The van der Waals surface area contributed by atoms with Gasteiger partial charge in [0.2, 0.25) is 0 Å². The summed E-state index contributed by atoms with van der Waals surface area (Å²) >= 11 is 0. The van der Waals surface area contributed by atoms with Gasteiger partial charge in [-0.1, -0.05) is 19.3 Å². The number of fused-ring (bicyclic) bond motifs is 1. The zero-order valence-corrected chi connectivity index (χ0v) is 6.21. The van der Waals surface area contributed by atoms with E-state index in [2.05, 4.69) is 6.07 Å². The van der Waals surface area contributed by atoms with E-state index in [1.165, 1.54) is 32.1 Å². The van der Waals surface area contributed by atoms with Gasteiger partial charge in [0.05, 0.1) is 6.07 Å². The van der Waals surface area contributed by atoms with Crippen LogP contribution in [0.5, 0.6) is 0 Å². The van der Waals surface area contributed by atoms with Gasteiger partial charge in [0, 0.05) is 5.92 Å². The number of nitriles is 1. The molecule has 0 spiro atoms. The van der Waals surface area contributed by atoms with Crippen LogP contribution in [0.2, 0.25) is 0 Å². The lowest BCUT2D eigenvalue weighted by Crippen LogP contribution is -1.95. The fraction of sp³-hybridized carbons (Fsp3) is 0.889. The van der Waals surface area contributed by atoms with Crippen molar-refractivity contribution in [3.05, 3.63) is 0 Å². The molecule has 0 heterocycles. The van der Waals surface area contributed by atoms with Crippen LogP contribution >= 0.6 is 0 Å². The molecule has 2 saturated carbocycles. The maximum atomic E-state index is 8.67. The zero-order chi connectivity index (χ0) is 6.97. The van der Waals surface area contributed by atoms with Gasteiger partial charge in [-0.2, -0.15) is 5.26 Å². The van der Waals surface area contributed by atoms with Crippen molar-refractivity contribution >= 4 is 0 Å². The number of hydrogen-bond acceptors (Lipinski definition) is 1. The van der Waals surface area contributed by atoms with Gasteiger partial charge in [0.25, 0.3) is 0 Å². The van der Waals surface area contributed by atoms with Crippen LogP contribution in [0.15, 0.2) is 0 Å². The Kier molecular flexibility index (Phi) is 1.41. The van der Waals surface area contributed by atoms with Crippen LogP contribution in [-0.2, 0) is 0 Å². The second-order valence-corrected chi connectivity index (χ2v) is 3.75. The molecule has 10 heavy (non-hydrogen) atoms. The molecule has 54 valence electrons. The van der Waals surface area contributed by atoms with Gasteiger partial charge in [-0.25, -0.2) is 0 Å². The Morgan fingerprint density at radius 2 is 1.70 bits per heavy atom. The molecule has 0 aromatic carbocycles. The van der Waals surface area contributed by atoms with Crippen LogP contribution in [0.3, 0.4) is 0 Å². The Morgan fingerprint density at radius 1 is 1.10 bits per heavy atom. The van der Waals surface area contributed by atoms with E-state index in [1.807, 2.05) is 0 Å². The molecule has 2 unspecified atom stereocenters. The van der Waals surface area contributed by atoms with Crippen molar-refractivity contribution in [2.45, 2.75) is 32.1 Å². The van der Waals surface area contributed by atoms with Crippen molar-refractivity contribution in [1.82, 2.24) is 0 Å². The van der Waals surface area contributed by atoms with E-state index in [0.717, 1.165) is 11.8 Å². The molecule has 0 amide bonds. The molecule has 0 saturated heterocycles. The Labute approximate surface area is 62.0 Å². The molecule has 0 bridgehead atoms. The SMILES string of the molecule is N#CC1CC2CCCC2C1. The lowest BCUT2D eigenvalue weighted by molar-refractivity contribution is 0.457. The summed E-state index contributed by atoms with van der Waals surface area (Å²) in [5.41, 5.74) is 0. The maximum absolute atomic E-state index is 8.67. The molecule has 2 rings (SSSR count). The molecule has 2 aliphatic carbocycles. The van der Waals surface area contributed by atoms with E-state index >= 15 is 0 Å². The highest BCUT2D eigenvalue weighted by Crippen LogP contribution is 2.46. The van der Waals surface area contributed by atoms with Crippen molar-refractivity contribution < 1.29 is 0 Å². The van der Waals surface area contributed by atoms with Crippen LogP contribution in [-0.4, -0.2) is 0 Å². The van der Waals surface area contributed by atoms with Crippen LogP contribution in [0.25, 0.3) is 0 Å². The first-order valence-corrected chi connectivity index (χ1v) is 4.30. The zero-order valence-electron chi connectivity index (χ0n) is 6.21. The molecule has 2 aliphatic rings. The van der Waals surface area contributed by atoms with E-state index in [-0.39, 0.29) is 0 Å². The van der Waals surface area contributed by atoms with Gasteiger partial charge in [-0.3, -0.25) is 0 Å². The third kappa shape index (κ3) is 0.831. The van der Waals surface area contributed by atoms with Gasteiger partial charge in [-0.05, 0) is 24.7 Å². The maximum Gasteiger partial charge on any atom is 0.0655 e. The summed E-state index contributed by atoms with van der Waals surface area (Å²) in [4.78, 5) is 0. The molecule has 1 nitrogen and oxygen atoms in total. The van der Waals surface area contributed by atoms with Gasteiger partial charge in [0.1, 0.15) is 0 Å². The number of rotatable bonds is 0. The normalized spacial score (nSPS) is 44.9. The van der Waals surface area contributed by atoms with E-state index in [4.69, 9.17) is 5.26 Å². The second kappa shape index (κ2) is 2.27. The Balaban J connectivity index is 2.01. The van der Waals surface area contributed by atoms with Crippen molar-refractivity contribution in [1.29, 1.82) is 5.26 Å². The largest absolute Gasteiger partial charge is 0.198 e. The standard InChI is InChI=1S/C9H13N/c10-6-7-4-8-2-1-3-9(8)5-7/h7-9H,1-5H2. The first kappa shape index (κ1) is 6.22. The van der Waals surface area contributed by atoms with E-state index < -0.39 is 0 Å². The molecule has 2 fully saturated rings. The van der Waals surface area contributed by atoms with Crippen LogP contribution in [0, 0.1) is 29.1 Å². The topological polar surface area (TPSA) is 23.8 Å². The van der Waals surface area contributed by atoms with Crippen LogP contribution in [0.4, 0.5) is 0 Å². The summed E-state index contributed by atoms with van der Waals surface area (Å²) in [5, 5.41) is 8.67. The third-order valence-electron chi connectivity index (χ3n) is 3.17. The Hall–Kier alpha value is -0.510. The summed E-state index contributed by atoms with van der Waals surface area (Å²) in [6.07, 6.45) is 6.65. The Bertz CT molecular complexity index is 156. The summed E-state index contributed by atoms with van der Waals surface area (Å²) < 4.78 is 0. The number of nitrogens with zero attached hydrogens (tertiary/aromatic N) is 1. The predicted octanol–water partition coefficient (Wildman–Crippen LogP) is 2.34. The van der Waals surface area contributed by atoms with E-state index in [0.29, 0.717) is 5.92 Å². The molecule has 0 aromatic rings. The molecular formula is C9H13N. The molecular weight excluding hydrogens is 122 g/mol. The van der Waals surface area contributed by atoms with Gasteiger partial charge < -0.3 is 0 Å². The van der Waals surface area contributed by atoms with Crippen LogP contribution < -0.4 is 0 Å². The Morgan fingerprint density at radius 3 is 2.20 bits per heavy atom. The molecule has 2 atom stereocenters. The van der Waals surface area contributed by atoms with Crippen molar-refractivity contribution in [2.24, 2.45) is 17.8 Å². The van der Waals surface area contributed by atoms with Crippen molar-refractivity contribution in [2.75, 3.05) is 0 Å². The van der Waals surface area contributed by atoms with Crippen molar-refractivity contribution in [3.8, 4) is 6.07 Å². The summed E-state index contributed by atoms with van der Waals surface area (Å²) in [6, 6.07) is 2.39. The summed E-state index contributed by atoms with van der Waals surface area (Å²) in [5.74, 6) is 2.28. The highest BCUT2D eigenvalue weighted by atomic mass is 14.4. The molecule has 0 N–H and O–H groups in total.